The predicted octanol–water partition coefficient (Wildman–Crippen LogP) is 3.19. The highest BCUT2D eigenvalue weighted by Gasteiger charge is 2.18. The first-order chi connectivity index (χ1) is 7.75. The average molecular weight is 241 g/mol. The minimum atomic E-state index is -0.375. The number of ether oxygens (including phenoxy) is 1. The van der Waals surface area contributed by atoms with E-state index in [9.17, 15) is 5.11 Å². The lowest BCUT2D eigenvalue weighted by Gasteiger charge is -2.24. The van der Waals surface area contributed by atoms with Gasteiger partial charge >= 0.3 is 0 Å². The van der Waals surface area contributed by atoms with Crippen LogP contribution in [-0.2, 0) is 4.74 Å². The fraction of sp³-hybridized carbons (Fsp3) is 0.538. The van der Waals surface area contributed by atoms with E-state index in [1.165, 1.54) is 0 Å². The number of hydrogen-bond acceptors (Lipinski definition) is 2. The van der Waals surface area contributed by atoms with E-state index >= 15 is 0 Å². The summed E-state index contributed by atoms with van der Waals surface area (Å²) < 4.78 is 5.30. The van der Waals surface area contributed by atoms with Crippen molar-refractivity contribution < 1.29 is 9.84 Å². The summed E-state index contributed by atoms with van der Waals surface area (Å²) in [6, 6.07) is 7.44. The molecule has 0 spiro atoms. The van der Waals surface area contributed by atoms with Crippen molar-refractivity contribution in [1.29, 1.82) is 0 Å². The van der Waals surface area contributed by atoms with Crippen molar-refractivity contribution in [3.63, 3.8) is 0 Å². The summed E-state index contributed by atoms with van der Waals surface area (Å²) in [4.78, 5) is 0. The Balaban J connectivity index is 1.91. The number of hydrogen-bond donors (Lipinski definition) is 1. The lowest BCUT2D eigenvalue weighted by atomic mass is 9.91. The molecule has 1 aromatic rings. The molecule has 88 valence electrons. The van der Waals surface area contributed by atoms with Crippen LogP contribution in [0.5, 0.6) is 0 Å². The van der Waals surface area contributed by atoms with Crippen LogP contribution in [-0.4, -0.2) is 18.3 Å². The van der Waals surface area contributed by atoms with Gasteiger partial charge in [-0.1, -0.05) is 23.7 Å². The highest BCUT2D eigenvalue weighted by Crippen LogP contribution is 2.27. The van der Waals surface area contributed by atoms with Gasteiger partial charge in [-0.3, -0.25) is 0 Å². The number of aliphatic hydroxyl groups excluding tert-OH is 1. The molecule has 1 aliphatic heterocycles. The topological polar surface area (TPSA) is 29.5 Å². The van der Waals surface area contributed by atoms with Gasteiger partial charge in [0.15, 0.2) is 0 Å². The maximum atomic E-state index is 10.1. The van der Waals surface area contributed by atoms with Crippen molar-refractivity contribution in [2.45, 2.75) is 25.4 Å². The van der Waals surface area contributed by atoms with Gasteiger partial charge in [0.2, 0.25) is 0 Å². The Labute approximate surface area is 101 Å². The summed E-state index contributed by atoms with van der Waals surface area (Å²) in [5, 5.41) is 10.8. The Morgan fingerprint density at radius 1 is 1.25 bits per heavy atom. The smallest absolute Gasteiger partial charge is 0.0792 e. The molecule has 1 aliphatic rings. The van der Waals surface area contributed by atoms with Gasteiger partial charge in [0.25, 0.3) is 0 Å². The molecule has 1 heterocycles. The van der Waals surface area contributed by atoms with E-state index in [2.05, 4.69) is 0 Å². The monoisotopic (exact) mass is 240 g/mol. The van der Waals surface area contributed by atoms with Gasteiger partial charge in [-0.15, -0.1) is 0 Å². The molecule has 0 aliphatic carbocycles. The average Bonchev–Trinajstić information content (AvgIpc) is 2.31. The third-order valence-corrected chi connectivity index (χ3v) is 3.40. The lowest BCUT2D eigenvalue weighted by molar-refractivity contribution is 0.0435. The SMILES string of the molecule is OC(CC1CCOCC1)c1ccc(Cl)cc1. The van der Waals surface area contributed by atoms with Crippen molar-refractivity contribution in [2.24, 2.45) is 5.92 Å². The normalized spacial score (nSPS) is 19.6. The lowest BCUT2D eigenvalue weighted by Crippen LogP contribution is -2.18. The number of aliphatic hydroxyl groups is 1. The molecule has 2 nitrogen and oxygen atoms in total. The second-order valence-corrected chi connectivity index (χ2v) is 4.80. The van der Waals surface area contributed by atoms with E-state index in [1.807, 2.05) is 24.3 Å². The van der Waals surface area contributed by atoms with E-state index in [0.717, 1.165) is 38.0 Å². The minimum Gasteiger partial charge on any atom is -0.388 e. The van der Waals surface area contributed by atoms with Gasteiger partial charge in [0.1, 0.15) is 0 Å². The van der Waals surface area contributed by atoms with Crippen LogP contribution in [0.3, 0.4) is 0 Å². The van der Waals surface area contributed by atoms with Crippen LogP contribution in [0.1, 0.15) is 30.9 Å². The molecule has 1 saturated heterocycles. The highest BCUT2D eigenvalue weighted by molar-refractivity contribution is 6.30. The maximum Gasteiger partial charge on any atom is 0.0792 e. The second kappa shape index (κ2) is 5.67. The van der Waals surface area contributed by atoms with Crippen molar-refractivity contribution in [1.82, 2.24) is 0 Å². The zero-order valence-corrected chi connectivity index (χ0v) is 9.99. The summed E-state index contributed by atoms with van der Waals surface area (Å²) in [6.45, 7) is 1.66. The molecule has 0 radical (unpaired) electrons. The predicted molar refractivity (Wildman–Crippen MR) is 64.6 cm³/mol. The van der Waals surface area contributed by atoms with E-state index in [0.29, 0.717) is 10.9 Å². The Hall–Kier alpha value is -0.570. The fourth-order valence-corrected chi connectivity index (χ4v) is 2.24. The van der Waals surface area contributed by atoms with Gasteiger partial charge in [-0.25, -0.2) is 0 Å². The van der Waals surface area contributed by atoms with Crippen LogP contribution in [0.15, 0.2) is 24.3 Å². The zero-order chi connectivity index (χ0) is 11.4. The number of halogens is 1. The quantitative estimate of drug-likeness (QED) is 0.879. The third kappa shape index (κ3) is 3.21. The molecule has 16 heavy (non-hydrogen) atoms. The molecular weight excluding hydrogens is 224 g/mol. The Morgan fingerprint density at radius 2 is 1.88 bits per heavy atom. The van der Waals surface area contributed by atoms with Crippen LogP contribution in [0.25, 0.3) is 0 Å². The Bertz CT molecular complexity index is 317. The van der Waals surface area contributed by atoms with Gasteiger partial charge in [0.05, 0.1) is 6.10 Å². The van der Waals surface area contributed by atoms with E-state index in [-0.39, 0.29) is 6.10 Å². The highest BCUT2D eigenvalue weighted by atomic mass is 35.5. The fourth-order valence-electron chi connectivity index (χ4n) is 2.12. The molecule has 1 aromatic carbocycles. The van der Waals surface area contributed by atoms with Crippen LogP contribution in [0.4, 0.5) is 0 Å². The van der Waals surface area contributed by atoms with E-state index < -0.39 is 0 Å². The van der Waals surface area contributed by atoms with Gasteiger partial charge in [-0.05, 0) is 42.9 Å². The van der Waals surface area contributed by atoms with Crippen LogP contribution >= 0.6 is 11.6 Å². The first-order valence-electron chi connectivity index (χ1n) is 5.77. The van der Waals surface area contributed by atoms with Crippen molar-refractivity contribution >= 4 is 11.6 Å². The molecule has 0 aromatic heterocycles. The number of rotatable bonds is 3. The molecule has 0 bridgehead atoms. The van der Waals surface area contributed by atoms with Crippen molar-refractivity contribution in [3.8, 4) is 0 Å². The zero-order valence-electron chi connectivity index (χ0n) is 9.23. The Morgan fingerprint density at radius 3 is 2.50 bits per heavy atom. The summed E-state index contributed by atoms with van der Waals surface area (Å²) >= 11 is 5.81. The molecule has 0 amide bonds. The first kappa shape index (κ1) is 11.9. The van der Waals surface area contributed by atoms with E-state index in [1.54, 1.807) is 0 Å². The van der Waals surface area contributed by atoms with Crippen LogP contribution in [0.2, 0.25) is 5.02 Å². The standard InChI is InChI=1S/C13H17ClO2/c14-12-3-1-11(2-4-12)13(15)9-10-5-7-16-8-6-10/h1-4,10,13,15H,5-9H2. The summed E-state index contributed by atoms with van der Waals surface area (Å²) in [5.41, 5.74) is 0.955. The van der Waals surface area contributed by atoms with Gasteiger partial charge in [-0.2, -0.15) is 0 Å². The van der Waals surface area contributed by atoms with Crippen molar-refractivity contribution in [2.75, 3.05) is 13.2 Å². The van der Waals surface area contributed by atoms with Crippen LogP contribution in [0, 0.1) is 5.92 Å². The number of benzene rings is 1. The molecule has 1 fully saturated rings. The molecule has 1 atom stereocenters. The molecule has 2 rings (SSSR count). The molecule has 1 unspecified atom stereocenters. The summed E-state index contributed by atoms with van der Waals surface area (Å²) in [6.07, 6.45) is 2.57. The van der Waals surface area contributed by atoms with Crippen molar-refractivity contribution in [3.05, 3.63) is 34.9 Å². The Kier molecular flexibility index (Phi) is 4.22. The third-order valence-electron chi connectivity index (χ3n) is 3.15. The summed E-state index contributed by atoms with van der Waals surface area (Å²) in [5.74, 6) is 0.583. The summed E-state index contributed by atoms with van der Waals surface area (Å²) in [7, 11) is 0. The first-order valence-corrected chi connectivity index (χ1v) is 6.15. The molecule has 0 saturated carbocycles. The van der Waals surface area contributed by atoms with Crippen LogP contribution < -0.4 is 0 Å². The molecular formula is C13H17ClO2. The minimum absolute atomic E-state index is 0.375. The van der Waals surface area contributed by atoms with Gasteiger partial charge < -0.3 is 9.84 Å². The van der Waals surface area contributed by atoms with E-state index in [4.69, 9.17) is 16.3 Å². The van der Waals surface area contributed by atoms with Gasteiger partial charge in [0, 0.05) is 18.2 Å². The molecule has 3 heteroatoms. The second-order valence-electron chi connectivity index (χ2n) is 4.36. The molecule has 1 N–H and O–H groups in total. The largest absolute Gasteiger partial charge is 0.388 e. The maximum absolute atomic E-state index is 10.1.